The first kappa shape index (κ1) is 14.5. The highest BCUT2D eigenvalue weighted by Crippen LogP contribution is 2.42. The van der Waals surface area contributed by atoms with Gasteiger partial charge in [-0.15, -0.1) is 0 Å². The van der Waals surface area contributed by atoms with Crippen LogP contribution in [0.3, 0.4) is 0 Å². The van der Waals surface area contributed by atoms with Gasteiger partial charge in [-0.3, -0.25) is 0 Å². The lowest BCUT2D eigenvalue weighted by atomic mass is 10.0. The number of aromatic nitrogens is 2. The lowest BCUT2D eigenvalue weighted by Gasteiger charge is -2.12. The summed E-state index contributed by atoms with van der Waals surface area (Å²) >= 11 is 0. The van der Waals surface area contributed by atoms with E-state index in [1.807, 2.05) is 6.92 Å². The molecule has 0 spiro atoms. The number of nitrogens with zero attached hydrogens (tertiary/aromatic N) is 2. The van der Waals surface area contributed by atoms with Crippen LogP contribution in [-0.2, 0) is 11.2 Å². The summed E-state index contributed by atoms with van der Waals surface area (Å²) in [4.78, 5) is 4.45. The molecule has 108 valence electrons. The van der Waals surface area contributed by atoms with Crippen molar-refractivity contribution in [1.82, 2.24) is 10.1 Å². The average Bonchev–Trinajstić information content (AvgIpc) is 3.06. The summed E-state index contributed by atoms with van der Waals surface area (Å²) in [7, 11) is 0. The van der Waals surface area contributed by atoms with Crippen molar-refractivity contribution < 1.29 is 9.26 Å². The number of nitrogens with two attached hydrogens (primary N) is 1. The summed E-state index contributed by atoms with van der Waals surface area (Å²) in [5.74, 6) is 2.47. The molecular formula is C14H25N3O2. The third-order valence-electron chi connectivity index (χ3n) is 3.35. The van der Waals surface area contributed by atoms with Crippen molar-refractivity contribution in [3.05, 3.63) is 11.7 Å². The largest absolute Gasteiger partial charge is 0.370 e. The smallest absolute Gasteiger partial charge is 0.228 e. The van der Waals surface area contributed by atoms with Crippen LogP contribution in [-0.4, -0.2) is 22.8 Å². The molecule has 0 radical (unpaired) electrons. The van der Waals surface area contributed by atoms with Gasteiger partial charge in [0.1, 0.15) is 6.10 Å². The van der Waals surface area contributed by atoms with Crippen LogP contribution in [0.15, 0.2) is 4.52 Å². The molecule has 5 heteroatoms. The van der Waals surface area contributed by atoms with Crippen LogP contribution in [0, 0.1) is 11.8 Å². The second-order valence-corrected chi connectivity index (χ2v) is 5.85. The van der Waals surface area contributed by atoms with Gasteiger partial charge in [0.25, 0.3) is 0 Å². The molecule has 2 rings (SSSR count). The first-order chi connectivity index (χ1) is 9.10. The molecule has 1 heterocycles. The minimum absolute atomic E-state index is 0.00354. The summed E-state index contributed by atoms with van der Waals surface area (Å²) in [6.07, 6.45) is 4.01. The molecule has 1 aromatic rings. The molecule has 1 fully saturated rings. The van der Waals surface area contributed by atoms with Crippen LogP contribution in [0.25, 0.3) is 0 Å². The highest BCUT2D eigenvalue weighted by molar-refractivity contribution is 4.99. The zero-order valence-corrected chi connectivity index (χ0v) is 12.1. The molecule has 19 heavy (non-hydrogen) atoms. The maximum absolute atomic E-state index is 6.06. The van der Waals surface area contributed by atoms with Crippen molar-refractivity contribution in [2.45, 2.75) is 58.6 Å². The Balaban J connectivity index is 1.93. The fourth-order valence-corrected chi connectivity index (χ4v) is 2.38. The van der Waals surface area contributed by atoms with Gasteiger partial charge in [-0.25, -0.2) is 0 Å². The van der Waals surface area contributed by atoms with E-state index in [-0.39, 0.29) is 12.1 Å². The van der Waals surface area contributed by atoms with Gasteiger partial charge >= 0.3 is 0 Å². The van der Waals surface area contributed by atoms with Crippen LogP contribution >= 0.6 is 0 Å². The Morgan fingerprint density at radius 3 is 2.74 bits per heavy atom. The zero-order chi connectivity index (χ0) is 13.8. The number of hydrogen-bond donors (Lipinski definition) is 1. The van der Waals surface area contributed by atoms with Gasteiger partial charge in [0.2, 0.25) is 11.7 Å². The second-order valence-electron chi connectivity index (χ2n) is 5.85. The zero-order valence-electron chi connectivity index (χ0n) is 12.1. The van der Waals surface area contributed by atoms with Crippen LogP contribution < -0.4 is 5.73 Å². The van der Waals surface area contributed by atoms with Gasteiger partial charge in [0.05, 0.1) is 0 Å². The third-order valence-corrected chi connectivity index (χ3v) is 3.35. The van der Waals surface area contributed by atoms with E-state index in [2.05, 4.69) is 24.0 Å². The molecule has 2 atom stereocenters. The second kappa shape index (κ2) is 6.48. The Morgan fingerprint density at radius 2 is 2.16 bits per heavy atom. The average molecular weight is 267 g/mol. The van der Waals surface area contributed by atoms with E-state index in [4.69, 9.17) is 15.0 Å². The Hall–Kier alpha value is -0.940. The van der Waals surface area contributed by atoms with Gasteiger partial charge in [-0.1, -0.05) is 19.0 Å². The normalized spacial score (nSPS) is 18.8. The molecule has 5 nitrogen and oxygen atoms in total. The maximum Gasteiger partial charge on any atom is 0.228 e. The minimum atomic E-state index is 0.00354. The Labute approximate surface area is 114 Å². The molecule has 1 aliphatic rings. The van der Waals surface area contributed by atoms with Crippen LogP contribution in [0.5, 0.6) is 0 Å². The highest BCUT2D eigenvalue weighted by atomic mass is 16.5. The third kappa shape index (κ3) is 4.28. The number of rotatable bonds is 8. The maximum atomic E-state index is 6.06. The molecule has 1 saturated carbocycles. The summed E-state index contributed by atoms with van der Waals surface area (Å²) in [5, 5.41) is 4.06. The van der Waals surface area contributed by atoms with E-state index in [9.17, 15) is 0 Å². The highest BCUT2D eigenvalue weighted by Gasteiger charge is 2.36. The van der Waals surface area contributed by atoms with Crippen LogP contribution in [0.4, 0.5) is 0 Å². The lowest BCUT2D eigenvalue weighted by Crippen LogP contribution is -2.24. The number of ether oxygens (including phenoxy) is 1. The molecule has 2 unspecified atom stereocenters. The molecular weight excluding hydrogens is 242 g/mol. The summed E-state index contributed by atoms with van der Waals surface area (Å²) < 4.78 is 11.0. The number of hydrogen-bond acceptors (Lipinski definition) is 5. The molecule has 1 aromatic heterocycles. The van der Waals surface area contributed by atoms with E-state index in [0.29, 0.717) is 36.6 Å². The fraction of sp³-hybridized carbons (Fsp3) is 0.857. The Morgan fingerprint density at radius 1 is 1.42 bits per heavy atom. The predicted molar refractivity (Wildman–Crippen MR) is 72.5 cm³/mol. The van der Waals surface area contributed by atoms with Crippen molar-refractivity contribution in [2.24, 2.45) is 17.6 Å². The standard InChI is InChI=1S/C14H25N3O2/c1-4-18-13(10-5-6-10)14-16-12(19-17-14)8-11(15)7-9(2)3/h9-11,13H,4-8,15H2,1-3H3. The lowest BCUT2D eigenvalue weighted by molar-refractivity contribution is 0.0384. The Kier molecular flexibility index (Phi) is 4.93. The minimum Gasteiger partial charge on any atom is -0.370 e. The summed E-state index contributed by atoms with van der Waals surface area (Å²) in [6.45, 7) is 7.00. The predicted octanol–water partition coefficient (Wildman–Crippen LogP) is 2.47. The van der Waals surface area contributed by atoms with Crippen LogP contribution in [0.1, 0.15) is 57.9 Å². The molecule has 1 aliphatic carbocycles. The monoisotopic (exact) mass is 267 g/mol. The molecule has 0 aliphatic heterocycles. The van der Waals surface area contributed by atoms with Crippen molar-refractivity contribution in [2.75, 3.05) is 6.61 Å². The quantitative estimate of drug-likeness (QED) is 0.783. The molecule has 2 N–H and O–H groups in total. The van der Waals surface area contributed by atoms with Gasteiger partial charge in [0.15, 0.2) is 0 Å². The van der Waals surface area contributed by atoms with Crippen LogP contribution in [0.2, 0.25) is 0 Å². The van der Waals surface area contributed by atoms with E-state index < -0.39 is 0 Å². The molecule has 0 aromatic carbocycles. The van der Waals surface area contributed by atoms with Gasteiger partial charge in [0, 0.05) is 19.1 Å². The van der Waals surface area contributed by atoms with Crippen molar-refractivity contribution in [3.63, 3.8) is 0 Å². The first-order valence-electron chi connectivity index (χ1n) is 7.29. The summed E-state index contributed by atoms with van der Waals surface area (Å²) in [6, 6.07) is 0.0831. The first-order valence-corrected chi connectivity index (χ1v) is 7.29. The topological polar surface area (TPSA) is 74.2 Å². The molecule has 0 amide bonds. The Bertz CT molecular complexity index is 388. The van der Waals surface area contributed by atoms with E-state index in [0.717, 1.165) is 6.42 Å². The van der Waals surface area contributed by atoms with Gasteiger partial charge in [-0.2, -0.15) is 4.98 Å². The summed E-state index contributed by atoms with van der Waals surface area (Å²) in [5.41, 5.74) is 6.06. The van der Waals surface area contributed by atoms with Gasteiger partial charge < -0.3 is 15.0 Å². The SMILES string of the molecule is CCOC(c1noc(CC(N)CC(C)C)n1)C1CC1. The van der Waals surface area contributed by atoms with Crippen molar-refractivity contribution in [1.29, 1.82) is 0 Å². The van der Waals surface area contributed by atoms with Gasteiger partial charge in [-0.05, 0) is 38.0 Å². The fourth-order valence-electron chi connectivity index (χ4n) is 2.38. The van der Waals surface area contributed by atoms with E-state index in [1.165, 1.54) is 12.8 Å². The van der Waals surface area contributed by atoms with Crippen molar-refractivity contribution in [3.8, 4) is 0 Å². The van der Waals surface area contributed by atoms with E-state index >= 15 is 0 Å². The van der Waals surface area contributed by atoms with E-state index in [1.54, 1.807) is 0 Å². The van der Waals surface area contributed by atoms with Crippen molar-refractivity contribution >= 4 is 0 Å². The molecule has 0 saturated heterocycles. The molecule has 0 bridgehead atoms.